The molecule has 1 amide bonds. The second-order valence-corrected chi connectivity index (χ2v) is 8.21. The van der Waals surface area contributed by atoms with Crippen molar-refractivity contribution in [1.82, 2.24) is 24.6 Å². The molecule has 1 aromatic carbocycles. The Morgan fingerprint density at radius 2 is 2.10 bits per heavy atom. The maximum absolute atomic E-state index is 12.5. The van der Waals surface area contributed by atoms with E-state index in [1.165, 1.54) is 0 Å². The Hall–Kier alpha value is -2.74. The van der Waals surface area contributed by atoms with Crippen molar-refractivity contribution in [2.75, 3.05) is 0 Å². The number of carbonyl (C=O) groups is 1. The topological polar surface area (TPSA) is 81.8 Å². The number of hydrogen-bond acceptors (Lipinski definition) is 5. The molecule has 0 bridgehead atoms. The summed E-state index contributed by atoms with van der Waals surface area (Å²) < 4.78 is 3.31. The van der Waals surface area contributed by atoms with Gasteiger partial charge in [-0.1, -0.05) is 37.3 Å². The van der Waals surface area contributed by atoms with E-state index in [1.807, 2.05) is 42.6 Å². The molecule has 0 aliphatic carbocycles. The highest BCUT2D eigenvalue weighted by molar-refractivity contribution is 7.13. The Kier molecular flexibility index (Phi) is 5.89. The van der Waals surface area contributed by atoms with E-state index in [0.29, 0.717) is 19.5 Å². The van der Waals surface area contributed by atoms with Gasteiger partial charge in [0.15, 0.2) is 0 Å². The van der Waals surface area contributed by atoms with Crippen LogP contribution in [0.25, 0.3) is 10.6 Å². The molecule has 0 saturated carbocycles. The van der Waals surface area contributed by atoms with Crippen LogP contribution < -0.4 is 11.0 Å². The summed E-state index contributed by atoms with van der Waals surface area (Å²) in [5, 5.41) is 10.4. The Morgan fingerprint density at radius 3 is 2.90 bits per heavy atom. The number of carbonyl (C=O) groups excluding carboxylic acids is 1. The Morgan fingerprint density at radius 1 is 1.28 bits per heavy atom. The third kappa shape index (κ3) is 4.48. The van der Waals surface area contributed by atoms with Crippen LogP contribution in [0.2, 0.25) is 0 Å². The zero-order valence-corrected chi connectivity index (χ0v) is 17.3. The van der Waals surface area contributed by atoms with Crippen LogP contribution in [0.15, 0.2) is 40.5 Å². The molecule has 1 N–H and O–H groups in total. The molecule has 4 rings (SSSR count). The monoisotopic (exact) mass is 411 g/mol. The van der Waals surface area contributed by atoms with Crippen LogP contribution in [-0.4, -0.2) is 31.3 Å². The molecule has 0 spiro atoms. The number of aryl methyl sites for hydroxylation is 2. The molecule has 1 unspecified atom stereocenters. The number of nitrogens with zero attached hydrogens (tertiary/aromatic N) is 4. The van der Waals surface area contributed by atoms with Gasteiger partial charge >= 0.3 is 5.69 Å². The van der Waals surface area contributed by atoms with Crippen LogP contribution in [0.4, 0.5) is 0 Å². The molecule has 152 valence electrons. The van der Waals surface area contributed by atoms with Crippen LogP contribution in [-0.2, 0) is 30.7 Å². The van der Waals surface area contributed by atoms with Gasteiger partial charge in [-0.3, -0.25) is 9.36 Å². The van der Waals surface area contributed by atoms with Gasteiger partial charge in [0.1, 0.15) is 10.8 Å². The summed E-state index contributed by atoms with van der Waals surface area (Å²) in [7, 11) is 0. The first-order valence-corrected chi connectivity index (χ1v) is 11.0. The van der Waals surface area contributed by atoms with Crippen molar-refractivity contribution in [3.05, 3.63) is 57.7 Å². The molecule has 2 aromatic heterocycles. The van der Waals surface area contributed by atoms with E-state index in [9.17, 15) is 9.59 Å². The van der Waals surface area contributed by atoms with Crippen molar-refractivity contribution in [2.24, 2.45) is 0 Å². The molecule has 8 heteroatoms. The molecule has 3 heterocycles. The Bertz CT molecular complexity index is 1040. The second kappa shape index (κ2) is 8.73. The minimum Gasteiger partial charge on any atom is -0.353 e. The number of aromatic nitrogens is 4. The maximum atomic E-state index is 12.5. The summed E-state index contributed by atoms with van der Waals surface area (Å²) in [6.45, 7) is 3.28. The lowest BCUT2D eigenvalue weighted by atomic mass is 10.1. The van der Waals surface area contributed by atoms with Crippen molar-refractivity contribution in [2.45, 2.75) is 58.2 Å². The third-order valence-corrected chi connectivity index (χ3v) is 6.07. The molecular formula is C21H25N5O2S. The van der Waals surface area contributed by atoms with Gasteiger partial charge in [-0.25, -0.2) is 14.5 Å². The van der Waals surface area contributed by atoms with Crippen molar-refractivity contribution < 1.29 is 4.79 Å². The fraction of sp³-hybridized carbons (Fsp3) is 0.429. The molecule has 29 heavy (non-hydrogen) atoms. The van der Waals surface area contributed by atoms with Gasteiger partial charge in [-0.15, -0.1) is 11.3 Å². The lowest BCUT2D eigenvalue weighted by molar-refractivity contribution is -0.121. The lowest BCUT2D eigenvalue weighted by Crippen LogP contribution is -2.36. The standard InChI is InChI=1S/C21H25N5O2S/c1-2-11-26-21(28)25-12-10-16(8-9-18(25)24-26)22-19(27)13-17-14-29-20(23-17)15-6-4-3-5-7-15/h3-7,14,16H,2,8-13H2,1H3,(H,22,27). The summed E-state index contributed by atoms with van der Waals surface area (Å²) in [4.78, 5) is 29.5. The molecular weight excluding hydrogens is 386 g/mol. The van der Waals surface area contributed by atoms with Crippen molar-refractivity contribution in [1.29, 1.82) is 0 Å². The SMILES string of the molecule is CCCn1nc2n(c1=O)CCC(NC(=O)Cc1csc(-c3ccccc3)n1)CC2. The Labute approximate surface area is 173 Å². The van der Waals surface area contributed by atoms with Crippen LogP contribution in [0.5, 0.6) is 0 Å². The molecule has 1 aliphatic heterocycles. The largest absolute Gasteiger partial charge is 0.353 e. The number of thiazole rings is 1. The summed E-state index contributed by atoms with van der Waals surface area (Å²) in [6, 6.07) is 10.0. The van der Waals surface area contributed by atoms with E-state index in [1.54, 1.807) is 20.6 Å². The predicted octanol–water partition coefficient (Wildman–Crippen LogP) is 2.64. The fourth-order valence-corrected chi connectivity index (χ4v) is 4.50. The first-order valence-electron chi connectivity index (χ1n) is 10.1. The quantitative estimate of drug-likeness (QED) is 0.676. The molecule has 0 fully saturated rings. The average Bonchev–Trinajstić information content (AvgIpc) is 3.24. The summed E-state index contributed by atoms with van der Waals surface area (Å²) in [5.41, 5.74) is 1.82. The minimum absolute atomic E-state index is 0.0251. The highest BCUT2D eigenvalue weighted by Crippen LogP contribution is 2.23. The van der Waals surface area contributed by atoms with Gasteiger partial charge in [0.2, 0.25) is 5.91 Å². The number of benzene rings is 1. The molecule has 0 radical (unpaired) electrons. The molecule has 0 saturated heterocycles. The highest BCUT2D eigenvalue weighted by Gasteiger charge is 2.22. The van der Waals surface area contributed by atoms with E-state index < -0.39 is 0 Å². The van der Waals surface area contributed by atoms with E-state index in [-0.39, 0.29) is 24.1 Å². The number of rotatable bonds is 6. The van der Waals surface area contributed by atoms with Crippen LogP contribution in [0.3, 0.4) is 0 Å². The smallest absolute Gasteiger partial charge is 0.345 e. The van der Waals surface area contributed by atoms with E-state index in [0.717, 1.165) is 41.4 Å². The van der Waals surface area contributed by atoms with Gasteiger partial charge in [-0.05, 0) is 19.3 Å². The fourth-order valence-electron chi connectivity index (χ4n) is 3.67. The summed E-state index contributed by atoms with van der Waals surface area (Å²) in [6.07, 6.45) is 3.39. The van der Waals surface area contributed by atoms with E-state index in [4.69, 9.17) is 0 Å². The van der Waals surface area contributed by atoms with Gasteiger partial charge in [0.05, 0.1) is 12.1 Å². The zero-order valence-electron chi connectivity index (χ0n) is 16.5. The minimum atomic E-state index is -0.0373. The number of fused-ring (bicyclic) bond motifs is 1. The summed E-state index contributed by atoms with van der Waals surface area (Å²) in [5.74, 6) is 0.801. The normalized spacial score (nSPS) is 16.2. The Balaban J connectivity index is 1.34. The van der Waals surface area contributed by atoms with Crippen LogP contribution in [0, 0.1) is 0 Å². The van der Waals surface area contributed by atoms with Crippen molar-refractivity contribution >= 4 is 17.2 Å². The highest BCUT2D eigenvalue weighted by atomic mass is 32.1. The van der Waals surface area contributed by atoms with E-state index >= 15 is 0 Å². The summed E-state index contributed by atoms with van der Waals surface area (Å²) >= 11 is 1.55. The first kappa shape index (κ1) is 19.6. The number of nitrogens with one attached hydrogen (secondary N) is 1. The molecule has 3 aromatic rings. The maximum Gasteiger partial charge on any atom is 0.345 e. The van der Waals surface area contributed by atoms with Gasteiger partial charge in [0, 0.05) is 36.5 Å². The number of hydrogen-bond donors (Lipinski definition) is 1. The molecule has 1 atom stereocenters. The van der Waals surface area contributed by atoms with Crippen molar-refractivity contribution in [3.63, 3.8) is 0 Å². The first-order chi connectivity index (χ1) is 14.1. The predicted molar refractivity (Wildman–Crippen MR) is 113 cm³/mol. The lowest BCUT2D eigenvalue weighted by Gasteiger charge is -2.15. The third-order valence-electron chi connectivity index (χ3n) is 5.13. The van der Waals surface area contributed by atoms with Crippen LogP contribution >= 0.6 is 11.3 Å². The molecule has 1 aliphatic rings. The zero-order chi connectivity index (χ0) is 20.2. The molecule has 7 nitrogen and oxygen atoms in total. The van der Waals surface area contributed by atoms with Gasteiger partial charge in [-0.2, -0.15) is 5.10 Å². The van der Waals surface area contributed by atoms with E-state index in [2.05, 4.69) is 15.4 Å². The van der Waals surface area contributed by atoms with Crippen molar-refractivity contribution in [3.8, 4) is 10.6 Å². The second-order valence-electron chi connectivity index (χ2n) is 7.35. The van der Waals surface area contributed by atoms with Gasteiger partial charge < -0.3 is 5.32 Å². The number of amides is 1. The average molecular weight is 412 g/mol. The van der Waals surface area contributed by atoms with Gasteiger partial charge in [0.25, 0.3) is 0 Å². The van der Waals surface area contributed by atoms with Crippen LogP contribution in [0.1, 0.15) is 37.7 Å².